The lowest BCUT2D eigenvalue weighted by atomic mass is 9.75. The van der Waals surface area contributed by atoms with Crippen LogP contribution in [-0.4, -0.2) is 24.2 Å². The molecule has 0 amide bonds. The minimum Gasteiger partial charge on any atom is -0.302 e. The van der Waals surface area contributed by atoms with Gasteiger partial charge in [-0.15, -0.1) is 0 Å². The molecule has 1 aromatic carbocycles. The summed E-state index contributed by atoms with van der Waals surface area (Å²) in [6.45, 7) is 2.24. The van der Waals surface area contributed by atoms with Crippen LogP contribution in [0.4, 0.5) is 0 Å². The molecule has 0 spiro atoms. The number of thiol groups is 1. The maximum Gasteiger partial charge on any atom is 0.0230 e. The van der Waals surface area contributed by atoms with Gasteiger partial charge < -0.3 is 4.90 Å². The summed E-state index contributed by atoms with van der Waals surface area (Å²) in [5.74, 6) is 1.03. The van der Waals surface area contributed by atoms with Crippen LogP contribution < -0.4 is 0 Å². The average molecular weight is 263 g/mol. The van der Waals surface area contributed by atoms with Crippen molar-refractivity contribution >= 4 is 12.6 Å². The summed E-state index contributed by atoms with van der Waals surface area (Å²) in [7, 11) is 2.24. The van der Waals surface area contributed by atoms with Crippen LogP contribution in [-0.2, 0) is 6.54 Å². The molecular formula is C16H25NS. The molecule has 1 saturated carbocycles. The van der Waals surface area contributed by atoms with E-state index in [9.17, 15) is 0 Å². The van der Waals surface area contributed by atoms with Crippen molar-refractivity contribution in [2.45, 2.75) is 38.6 Å². The predicted octanol–water partition coefficient (Wildman–Crippen LogP) is 4.00. The molecule has 0 radical (unpaired) electrons. The summed E-state index contributed by atoms with van der Waals surface area (Å²) in [5, 5.41) is 0. The van der Waals surface area contributed by atoms with Crippen molar-refractivity contribution in [1.29, 1.82) is 0 Å². The Balaban J connectivity index is 1.91. The number of rotatable bonds is 5. The van der Waals surface area contributed by atoms with Crippen LogP contribution >= 0.6 is 12.6 Å². The molecule has 18 heavy (non-hydrogen) atoms. The van der Waals surface area contributed by atoms with Gasteiger partial charge in [-0.05, 0) is 36.6 Å². The lowest BCUT2D eigenvalue weighted by molar-refractivity contribution is 0.140. The molecule has 0 unspecified atom stereocenters. The minimum absolute atomic E-state index is 0.463. The third kappa shape index (κ3) is 3.76. The van der Waals surface area contributed by atoms with Crippen LogP contribution in [0.3, 0.4) is 0 Å². The molecule has 0 N–H and O–H groups in total. The Morgan fingerprint density at radius 2 is 1.78 bits per heavy atom. The second-order valence-corrected chi connectivity index (χ2v) is 6.19. The fourth-order valence-electron chi connectivity index (χ4n) is 3.19. The molecule has 100 valence electrons. The van der Waals surface area contributed by atoms with Gasteiger partial charge in [-0.1, -0.05) is 49.6 Å². The fourth-order valence-corrected chi connectivity index (χ4v) is 3.61. The second-order valence-electron chi connectivity index (χ2n) is 5.88. The first-order valence-electron chi connectivity index (χ1n) is 7.07. The van der Waals surface area contributed by atoms with Gasteiger partial charge in [0.25, 0.3) is 0 Å². The summed E-state index contributed by atoms with van der Waals surface area (Å²) in [5.41, 5.74) is 1.87. The predicted molar refractivity (Wildman–Crippen MR) is 82.1 cm³/mol. The van der Waals surface area contributed by atoms with Crippen molar-refractivity contribution < 1.29 is 0 Å². The van der Waals surface area contributed by atoms with Crippen molar-refractivity contribution in [3.05, 3.63) is 35.9 Å². The summed E-state index contributed by atoms with van der Waals surface area (Å²) < 4.78 is 0. The van der Waals surface area contributed by atoms with E-state index in [4.69, 9.17) is 0 Å². The van der Waals surface area contributed by atoms with E-state index in [1.165, 1.54) is 44.2 Å². The zero-order valence-corrected chi connectivity index (χ0v) is 12.3. The molecule has 0 aliphatic heterocycles. The second kappa shape index (κ2) is 6.63. The monoisotopic (exact) mass is 263 g/mol. The molecule has 0 bridgehead atoms. The summed E-state index contributed by atoms with van der Waals surface area (Å²) in [4.78, 5) is 2.47. The van der Waals surface area contributed by atoms with E-state index in [0.717, 1.165) is 12.3 Å². The van der Waals surface area contributed by atoms with Crippen molar-refractivity contribution in [1.82, 2.24) is 4.90 Å². The lowest BCUT2D eigenvalue weighted by Crippen LogP contribution is -2.38. The third-order valence-electron chi connectivity index (χ3n) is 4.15. The van der Waals surface area contributed by atoms with Gasteiger partial charge >= 0.3 is 0 Å². The zero-order chi connectivity index (χ0) is 12.8. The van der Waals surface area contributed by atoms with Crippen molar-refractivity contribution in [2.24, 2.45) is 5.41 Å². The lowest BCUT2D eigenvalue weighted by Gasteiger charge is -2.39. The number of nitrogens with zero attached hydrogens (tertiary/aromatic N) is 1. The van der Waals surface area contributed by atoms with E-state index in [1.807, 2.05) is 0 Å². The Morgan fingerprint density at radius 1 is 1.11 bits per heavy atom. The fraction of sp³-hybridized carbons (Fsp3) is 0.625. The van der Waals surface area contributed by atoms with E-state index in [2.05, 4.69) is 54.9 Å². The Labute approximate surface area is 117 Å². The first-order chi connectivity index (χ1) is 8.74. The molecular weight excluding hydrogens is 238 g/mol. The summed E-state index contributed by atoms with van der Waals surface area (Å²) >= 11 is 4.62. The van der Waals surface area contributed by atoms with Crippen LogP contribution in [0.5, 0.6) is 0 Å². The molecule has 2 rings (SSSR count). The van der Waals surface area contributed by atoms with E-state index < -0.39 is 0 Å². The van der Waals surface area contributed by atoms with E-state index >= 15 is 0 Å². The number of hydrogen-bond acceptors (Lipinski definition) is 2. The smallest absolute Gasteiger partial charge is 0.0230 e. The van der Waals surface area contributed by atoms with Crippen LogP contribution in [0.15, 0.2) is 30.3 Å². The highest BCUT2D eigenvalue weighted by molar-refractivity contribution is 7.80. The maximum absolute atomic E-state index is 4.62. The molecule has 2 heteroatoms. The van der Waals surface area contributed by atoms with Gasteiger partial charge in [-0.2, -0.15) is 12.6 Å². The molecule has 1 aromatic rings. The van der Waals surface area contributed by atoms with Crippen LogP contribution in [0, 0.1) is 5.41 Å². The van der Waals surface area contributed by atoms with Gasteiger partial charge in [-0.25, -0.2) is 0 Å². The van der Waals surface area contributed by atoms with Gasteiger partial charge in [0.2, 0.25) is 0 Å². The molecule has 1 aliphatic carbocycles. The van der Waals surface area contributed by atoms with Gasteiger partial charge in [-0.3, -0.25) is 0 Å². The SMILES string of the molecule is CN(Cc1ccccc1)CC1(CS)CCCCC1. The van der Waals surface area contributed by atoms with Crippen molar-refractivity contribution in [2.75, 3.05) is 19.3 Å². The Kier molecular flexibility index (Phi) is 5.13. The first kappa shape index (κ1) is 14.0. The average Bonchev–Trinajstić information content (AvgIpc) is 2.41. The highest BCUT2D eigenvalue weighted by Gasteiger charge is 2.31. The van der Waals surface area contributed by atoms with Gasteiger partial charge in [0.05, 0.1) is 0 Å². The summed E-state index contributed by atoms with van der Waals surface area (Å²) in [6.07, 6.45) is 6.91. The Bertz CT molecular complexity index is 343. The zero-order valence-electron chi connectivity index (χ0n) is 11.4. The van der Waals surface area contributed by atoms with E-state index in [1.54, 1.807) is 0 Å². The standard InChI is InChI=1S/C16H25NS/c1-17(12-15-8-4-2-5-9-15)13-16(14-18)10-6-3-7-11-16/h2,4-5,8-9,18H,3,6-7,10-14H2,1H3. The summed E-state index contributed by atoms with van der Waals surface area (Å²) in [6, 6.07) is 10.8. The maximum atomic E-state index is 4.62. The Morgan fingerprint density at radius 3 is 2.39 bits per heavy atom. The normalized spacial score (nSPS) is 19.1. The van der Waals surface area contributed by atoms with E-state index in [-0.39, 0.29) is 0 Å². The van der Waals surface area contributed by atoms with Crippen molar-refractivity contribution in [3.63, 3.8) is 0 Å². The van der Waals surface area contributed by atoms with Gasteiger partial charge in [0, 0.05) is 13.1 Å². The molecule has 0 atom stereocenters. The van der Waals surface area contributed by atoms with Crippen LogP contribution in [0.1, 0.15) is 37.7 Å². The quantitative estimate of drug-likeness (QED) is 0.786. The van der Waals surface area contributed by atoms with Crippen LogP contribution in [0.2, 0.25) is 0 Å². The Hall–Kier alpha value is -0.470. The minimum atomic E-state index is 0.463. The van der Waals surface area contributed by atoms with Crippen LogP contribution in [0.25, 0.3) is 0 Å². The molecule has 1 fully saturated rings. The molecule has 0 saturated heterocycles. The largest absolute Gasteiger partial charge is 0.302 e. The number of benzene rings is 1. The third-order valence-corrected chi connectivity index (χ3v) is 4.82. The molecule has 1 nitrogen and oxygen atoms in total. The highest BCUT2D eigenvalue weighted by Crippen LogP contribution is 2.37. The van der Waals surface area contributed by atoms with Gasteiger partial charge in [0.1, 0.15) is 0 Å². The first-order valence-corrected chi connectivity index (χ1v) is 7.71. The molecule has 0 aromatic heterocycles. The molecule has 0 heterocycles. The van der Waals surface area contributed by atoms with Crippen molar-refractivity contribution in [3.8, 4) is 0 Å². The highest BCUT2D eigenvalue weighted by atomic mass is 32.1. The van der Waals surface area contributed by atoms with E-state index in [0.29, 0.717) is 5.41 Å². The molecule has 1 aliphatic rings. The topological polar surface area (TPSA) is 3.24 Å². The number of hydrogen-bond donors (Lipinski definition) is 1. The van der Waals surface area contributed by atoms with Gasteiger partial charge in [0.15, 0.2) is 0 Å².